The van der Waals surface area contributed by atoms with Crippen LogP contribution in [-0.2, 0) is 6.54 Å². The Hall–Kier alpha value is -2.20. The van der Waals surface area contributed by atoms with Crippen molar-refractivity contribution in [2.75, 3.05) is 31.6 Å². The van der Waals surface area contributed by atoms with E-state index in [0.717, 1.165) is 37.5 Å². The van der Waals surface area contributed by atoms with E-state index in [1.54, 1.807) is 13.2 Å². The SMILES string of the molecule is COc1ccccc1N1CC[C@@H](CNCc2cccc(O)c2)C1. The van der Waals surface area contributed by atoms with E-state index in [1.807, 2.05) is 30.3 Å². The molecule has 4 nitrogen and oxygen atoms in total. The van der Waals surface area contributed by atoms with Gasteiger partial charge in [0.25, 0.3) is 0 Å². The highest BCUT2D eigenvalue weighted by Gasteiger charge is 2.24. The minimum absolute atomic E-state index is 0.326. The summed E-state index contributed by atoms with van der Waals surface area (Å²) < 4.78 is 5.46. The minimum Gasteiger partial charge on any atom is -0.508 e. The number of hydrogen-bond donors (Lipinski definition) is 2. The molecular weight excluding hydrogens is 288 g/mol. The number of ether oxygens (including phenoxy) is 1. The predicted octanol–water partition coefficient (Wildman–Crippen LogP) is 3.02. The van der Waals surface area contributed by atoms with Crippen molar-refractivity contribution in [3.63, 3.8) is 0 Å². The number of aromatic hydroxyl groups is 1. The highest BCUT2D eigenvalue weighted by atomic mass is 16.5. The number of anilines is 1. The smallest absolute Gasteiger partial charge is 0.142 e. The molecule has 0 aliphatic carbocycles. The maximum atomic E-state index is 9.49. The summed E-state index contributed by atoms with van der Waals surface area (Å²) >= 11 is 0. The number of phenols is 1. The Morgan fingerprint density at radius 3 is 2.91 bits per heavy atom. The van der Waals surface area contributed by atoms with Gasteiger partial charge >= 0.3 is 0 Å². The third-order valence-corrected chi connectivity index (χ3v) is 4.38. The number of hydrogen-bond acceptors (Lipinski definition) is 4. The van der Waals surface area contributed by atoms with E-state index in [-0.39, 0.29) is 0 Å². The normalized spacial score (nSPS) is 17.4. The zero-order valence-electron chi connectivity index (χ0n) is 13.5. The number of phenolic OH excluding ortho intramolecular Hbond substituents is 1. The second-order valence-electron chi connectivity index (χ2n) is 6.07. The number of methoxy groups -OCH3 is 1. The Balaban J connectivity index is 1.50. The van der Waals surface area contributed by atoms with Gasteiger partial charge < -0.3 is 20.1 Å². The molecule has 0 saturated carbocycles. The highest BCUT2D eigenvalue weighted by Crippen LogP contribution is 2.31. The molecule has 0 bridgehead atoms. The number of nitrogens with zero attached hydrogens (tertiary/aromatic N) is 1. The molecule has 2 N–H and O–H groups in total. The molecule has 1 aliphatic rings. The van der Waals surface area contributed by atoms with E-state index < -0.39 is 0 Å². The fraction of sp³-hybridized carbons (Fsp3) is 0.368. The van der Waals surface area contributed by atoms with Crippen LogP contribution < -0.4 is 15.0 Å². The van der Waals surface area contributed by atoms with Crippen LogP contribution in [0.4, 0.5) is 5.69 Å². The van der Waals surface area contributed by atoms with Gasteiger partial charge in [-0.2, -0.15) is 0 Å². The van der Waals surface area contributed by atoms with E-state index in [2.05, 4.69) is 22.3 Å². The van der Waals surface area contributed by atoms with Crippen molar-refractivity contribution in [1.29, 1.82) is 0 Å². The zero-order valence-corrected chi connectivity index (χ0v) is 13.5. The molecule has 4 heteroatoms. The van der Waals surface area contributed by atoms with E-state index in [0.29, 0.717) is 11.7 Å². The van der Waals surface area contributed by atoms with Gasteiger partial charge in [0.15, 0.2) is 0 Å². The summed E-state index contributed by atoms with van der Waals surface area (Å²) in [7, 11) is 1.73. The maximum absolute atomic E-state index is 9.49. The van der Waals surface area contributed by atoms with Crippen molar-refractivity contribution in [2.45, 2.75) is 13.0 Å². The molecule has 3 rings (SSSR count). The zero-order chi connectivity index (χ0) is 16.1. The van der Waals surface area contributed by atoms with Crippen molar-refractivity contribution in [1.82, 2.24) is 5.32 Å². The summed E-state index contributed by atoms with van der Waals surface area (Å²) in [5.74, 6) is 1.91. The van der Waals surface area contributed by atoms with E-state index >= 15 is 0 Å². The summed E-state index contributed by atoms with van der Waals surface area (Å²) in [6.45, 7) is 3.90. The van der Waals surface area contributed by atoms with Gasteiger partial charge in [-0.15, -0.1) is 0 Å². The molecule has 2 aromatic carbocycles. The molecule has 1 atom stereocenters. The number of rotatable bonds is 6. The molecule has 0 amide bonds. The number of nitrogens with one attached hydrogen (secondary N) is 1. The Morgan fingerprint density at radius 2 is 2.09 bits per heavy atom. The summed E-state index contributed by atoms with van der Waals surface area (Å²) in [5.41, 5.74) is 2.30. The van der Waals surface area contributed by atoms with E-state index in [9.17, 15) is 5.11 Å². The van der Waals surface area contributed by atoms with Crippen molar-refractivity contribution in [2.24, 2.45) is 5.92 Å². The lowest BCUT2D eigenvalue weighted by Crippen LogP contribution is -2.26. The Bertz CT molecular complexity index is 645. The molecule has 23 heavy (non-hydrogen) atoms. The topological polar surface area (TPSA) is 44.7 Å². The Labute approximate surface area is 137 Å². The predicted molar refractivity (Wildman–Crippen MR) is 93.1 cm³/mol. The highest BCUT2D eigenvalue weighted by molar-refractivity contribution is 5.59. The first-order valence-corrected chi connectivity index (χ1v) is 8.13. The third-order valence-electron chi connectivity index (χ3n) is 4.38. The molecule has 1 heterocycles. The van der Waals surface area contributed by atoms with Gasteiger partial charge in [-0.3, -0.25) is 0 Å². The average Bonchev–Trinajstić information content (AvgIpc) is 3.03. The second kappa shape index (κ2) is 7.38. The van der Waals surface area contributed by atoms with Crippen molar-refractivity contribution >= 4 is 5.69 Å². The molecule has 1 saturated heterocycles. The lowest BCUT2D eigenvalue weighted by Gasteiger charge is -2.21. The summed E-state index contributed by atoms with van der Waals surface area (Å²) in [6.07, 6.45) is 1.19. The van der Waals surface area contributed by atoms with Gasteiger partial charge in [-0.1, -0.05) is 24.3 Å². The van der Waals surface area contributed by atoms with Crippen molar-refractivity contribution in [3.8, 4) is 11.5 Å². The van der Waals surface area contributed by atoms with Crippen LogP contribution in [0.15, 0.2) is 48.5 Å². The number of benzene rings is 2. The van der Waals surface area contributed by atoms with E-state index in [4.69, 9.17) is 4.74 Å². The molecule has 1 fully saturated rings. The fourth-order valence-corrected chi connectivity index (χ4v) is 3.20. The molecule has 0 aromatic heterocycles. The molecule has 0 radical (unpaired) electrons. The molecule has 2 aromatic rings. The van der Waals surface area contributed by atoms with Crippen LogP contribution in [0.2, 0.25) is 0 Å². The van der Waals surface area contributed by atoms with Gasteiger partial charge in [-0.25, -0.2) is 0 Å². The first-order valence-electron chi connectivity index (χ1n) is 8.13. The van der Waals surface area contributed by atoms with Crippen LogP contribution in [-0.4, -0.2) is 31.9 Å². The fourth-order valence-electron chi connectivity index (χ4n) is 3.20. The van der Waals surface area contributed by atoms with Crippen LogP contribution in [0, 0.1) is 5.92 Å². The summed E-state index contributed by atoms with van der Waals surface area (Å²) in [4.78, 5) is 2.40. The van der Waals surface area contributed by atoms with Gasteiger partial charge in [0, 0.05) is 26.2 Å². The second-order valence-corrected chi connectivity index (χ2v) is 6.07. The van der Waals surface area contributed by atoms with Crippen LogP contribution in [0.3, 0.4) is 0 Å². The quantitative estimate of drug-likeness (QED) is 0.860. The Morgan fingerprint density at radius 1 is 1.22 bits per heavy atom. The molecule has 0 spiro atoms. The largest absolute Gasteiger partial charge is 0.508 e. The molecule has 122 valence electrons. The van der Waals surface area contributed by atoms with Crippen LogP contribution >= 0.6 is 0 Å². The van der Waals surface area contributed by atoms with Gasteiger partial charge in [0.2, 0.25) is 0 Å². The number of para-hydroxylation sites is 2. The van der Waals surface area contributed by atoms with E-state index in [1.165, 1.54) is 12.1 Å². The first kappa shape index (κ1) is 15.7. The lowest BCUT2D eigenvalue weighted by atomic mass is 10.1. The van der Waals surface area contributed by atoms with Gasteiger partial charge in [0.05, 0.1) is 12.8 Å². The first-order chi connectivity index (χ1) is 11.3. The van der Waals surface area contributed by atoms with Crippen molar-refractivity contribution in [3.05, 3.63) is 54.1 Å². The lowest BCUT2D eigenvalue weighted by molar-refractivity contribution is 0.414. The van der Waals surface area contributed by atoms with Gasteiger partial charge in [0.1, 0.15) is 11.5 Å². The van der Waals surface area contributed by atoms with Crippen molar-refractivity contribution < 1.29 is 9.84 Å². The minimum atomic E-state index is 0.326. The third kappa shape index (κ3) is 3.96. The standard InChI is InChI=1S/C19H24N2O2/c1-23-19-8-3-2-7-18(19)21-10-9-16(14-21)13-20-12-15-5-4-6-17(22)11-15/h2-8,11,16,20,22H,9-10,12-14H2,1H3/t16-/m0/s1. The van der Waals surface area contributed by atoms with Crippen LogP contribution in [0.25, 0.3) is 0 Å². The molecular formula is C19H24N2O2. The summed E-state index contributed by atoms with van der Waals surface area (Å²) in [5, 5.41) is 13.0. The maximum Gasteiger partial charge on any atom is 0.142 e. The van der Waals surface area contributed by atoms with Gasteiger partial charge in [-0.05, 0) is 42.2 Å². The summed E-state index contributed by atoms with van der Waals surface area (Å²) in [6, 6.07) is 15.6. The Kier molecular flexibility index (Phi) is 5.03. The average molecular weight is 312 g/mol. The van der Waals surface area contributed by atoms with Crippen LogP contribution in [0.1, 0.15) is 12.0 Å². The monoisotopic (exact) mass is 312 g/mol. The molecule has 0 unspecified atom stereocenters. The van der Waals surface area contributed by atoms with Crippen LogP contribution in [0.5, 0.6) is 11.5 Å². The molecule has 1 aliphatic heterocycles.